The van der Waals surface area contributed by atoms with E-state index >= 15 is 0 Å². The lowest BCUT2D eigenvalue weighted by molar-refractivity contribution is -0.137. The number of halogens is 2. The molecule has 0 unspecified atom stereocenters. The molecule has 1 saturated carbocycles. The lowest BCUT2D eigenvalue weighted by Gasteiger charge is -2.19. The van der Waals surface area contributed by atoms with Gasteiger partial charge in [-0.3, -0.25) is 4.79 Å². The van der Waals surface area contributed by atoms with Crippen LogP contribution in [0.25, 0.3) is 22.5 Å². The Labute approximate surface area is 226 Å². The molecule has 1 aliphatic rings. The van der Waals surface area contributed by atoms with Gasteiger partial charge in [-0.1, -0.05) is 71.4 Å². The van der Waals surface area contributed by atoms with Crippen LogP contribution in [0.3, 0.4) is 0 Å². The van der Waals surface area contributed by atoms with Gasteiger partial charge in [0, 0.05) is 35.2 Å². The summed E-state index contributed by atoms with van der Waals surface area (Å²) in [7, 11) is 1.99. The molecule has 4 aromatic rings. The average molecular weight is 533 g/mol. The zero-order valence-electron chi connectivity index (χ0n) is 21.5. The fourth-order valence-corrected chi connectivity index (χ4v) is 5.48. The van der Waals surface area contributed by atoms with Gasteiger partial charge in [0.25, 0.3) is 0 Å². The molecular formula is C31H30ClFN2O3. The quantitative estimate of drug-likeness (QED) is 0.227. The molecule has 3 aromatic carbocycles. The molecule has 0 bridgehead atoms. The number of benzene rings is 3. The van der Waals surface area contributed by atoms with Crippen molar-refractivity contribution in [1.29, 1.82) is 0 Å². The maximum atomic E-state index is 14.1. The number of aliphatic carboxylic acids is 1. The summed E-state index contributed by atoms with van der Waals surface area (Å²) in [5, 5.41) is 13.9. The van der Waals surface area contributed by atoms with Crippen LogP contribution >= 0.6 is 11.6 Å². The van der Waals surface area contributed by atoms with Crippen molar-refractivity contribution in [2.75, 3.05) is 18.5 Å². The number of hydrogen-bond acceptors (Lipinski definition) is 4. The van der Waals surface area contributed by atoms with Gasteiger partial charge in [0.1, 0.15) is 17.2 Å². The van der Waals surface area contributed by atoms with Crippen molar-refractivity contribution in [3.63, 3.8) is 0 Å². The highest BCUT2D eigenvalue weighted by Gasteiger charge is 2.45. The summed E-state index contributed by atoms with van der Waals surface area (Å²) in [4.78, 5) is 13.3. The number of aryl methyl sites for hydroxylation is 1. The van der Waals surface area contributed by atoms with E-state index in [0.717, 1.165) is 52.9 Å². The van der Waals surface area contributed by atoms with Crippen molar-refractivity contribution in [2.45, 2.75) is 44.4 Å². The van der Waals surface area contributed by atoms with E-state index in [1.165, 1.54) is 6.07 Å². The van der Waals surface area contributed by atoms with Gasteiger partial charge in [-0.05, 0) is 61.4 Å². The summed E-state index contributed by atoms with van der Waals surface area (Å²) in [6, 6.07) is 21.2. The number of carbonyl (C=O) groups is 1. The predicted molar refractivity (Wildman–Crippen MR) is 148 cm³/mol. The monoisotopic (exact) mass is 532 g/mol. The molecule has 1 fully saturated rings. The third-order valence-electron chi connectivity index (χ3n) is 7.52. The van der Waals surface area contributed by atoms with Gasteiger partial charge in [0.2, 0.25) is 0 Å². The maximum Gasteiger partial charge on any atom is 0.304 e. The fraction of sp³-hybridized carbons (Fsp3) is 0.290. The molecule has 196 valence electrons. The van der Waals surface area contributed by atoms with E-state index in [4.69, 9.17) is 16.1 Å². The summed E-state index contributed by atoms with van der Waals surface area (Å²) in [6.07, 6.45) is 3.31. The van der Waals surface area contributed by atoms with E-state index in [9.17, 15) is 14.3 Å². The summed E-state index contributed by atoms with van der Waals surface area (Å²) in [5.74, 6) is -0.325. The summed E-state index contributed by atoms with van der Waals surface area (Å²) >= 11 is 6.18. The lowest BCUT2D eigenvalue weighted by Crippen LogP contribution is -2.20. The third-order valence-corrected chi connectivity index (χ3v) is 7.87. The summed E-state index contributed by atoms with van der Waals surface area (Å²) < 4.78 is 19.9. The second-order valence-electron chi connectivity index (χ2n) is 10.2. The summed E-state index contributed by atoms with van der Waals surface area (Å²) in [5.41, 5.74) is 6.22. The third kappa shape index (κ3) is 5.32. The number of carboxylic acid groups (broad SMARTS) is 1. The largest absolute Gasteiger partial charge is 0.481 e. The van der Waals surface area contributed by atoms with Crippen LogP contribution in [0.4, 0.5) is 10.1 Å². The molecule has 7 heteroatoms. The molecule has 0 spiro atoms. The molecule has 1 N–H and O–H groups in total. The second kappa shape index (κ2) is 10.6. The summed E-state index contributed by atoms with van der Waals surface area (Å²) in [6.45, 7) is 2.60. The molecule has 1 aliphatic carbocycles. The number of rotatable bonds is 10. The minimum Gasteiger partial charge on any atom is -0.481 e. The average Bonchev–Trinajstić information content (AvgIpc) is 3.57. The highest BCUT2D eigenvalue weighted by atomic mass is 35.5. The van der Waals surface area contributed by atoms with Crippen LogP contribution < -0.4 is 4.90 Å². The van der Waals surface area contributed by atoms with Crippen molar-refractivity contribution in [3.8, 4) is 22.5 Å². The van der Waals surface area contributed by atoms with E-state index in [2.05, 4.69) is 46.5 Å². The first-order valence-corrected chi connectivity index (χ1v) is 13.2. The number of aromatic nitrogens is 1. The SMILES string of the molecule is Cc1noc(-c2ccc(-c3ccc(C4(CC(=O)O)CC4)cc3)cc2)c1N(C)CCCc1c(F)cccc1Cl. The molecule has 0 amide bonds. The molecule has 0 saturated heterocycles. The van der Waals surface area contributed by atoms with E-state index < -0.39 is 5.97 Å². The Morgan fingerprint density at radius 2 is 1.68 bits per heavy atom. The van der Waals surface area contributed by atoms with E-state index in [1.807, 2.05) is 26.1 Å². The standard InChI is InChI=1S/C31H30ClFN2O3/c1-20-29(35(2)18-4-5-25-26(32)6-3-7-27(25)33)30(38-34-20)23-10-8-21(9-11-23)22-12-14-24(15-13-22)31(16-17-31)19-28(36)37/h3,6-15H,4-5,16-19H2,1-2H3,(H,36,37). The molecule has 5 rings (SSSR count). The highest BCUT2D eigenvalue weighted by molar-refractivity contribution is 6.31. The Bertz CT molecular complexity index is 1420. The van der Waals surface area contributed by atoms with E-state index in [1.54, 1.807) is 12.1 Å². The van der Waals surface area contributed by atoms with Crippen LogP contribution in [0.15, 0.2) is 71.3 Å². The van der Waals surface area contributed by atoms with Crippen molar-refractivity contribution >= 4 is 23.3 Å². The maximum absolute atomic E-state index is 14.1. The van der Waals surface area contributed by atoms with Crippen LogP contribution in [-0.2, 0) is 16.6 Å². The van der Waals surface area contributed by atoms with Crippen molar-refractivity contribution in [2.24, 2.45) is 0 Å². The van der Waals surface area contributed by atoms with Gasteiger partial charge in [0.15, 0.2) is 5.76 Å². The Hall–Kier alpha value is -3.64. The van der Waals surface area contributed by atoms with Crippen molar-refractivity contribution in [1.82, 2.24) is 5.16 Å². The van der Waals surface area contributed by atoms with Crippen LogP contribution in [-0.4, -0.2) is 29.8 Å². The molecule has 0 atom stereocenters. The van der Waals surface area contributed by atoms with Crippen LogP contribution in [0.1, 0.15) is 42.5 Å². The van der Waals surface area contributed by atoms with Gasteiger partial charge in [-0.25, -0.2) is 4.39 Å². The number of carboxylic acids is 1. The van der Waals surface area contributed by atoms with Crippen LogP contribution in [0, 0.1) is 12.7 Å². The fourth-order valence-electron chi connectivity index (χ4n) is 5.22. The minimum atomic E-state index is -0.746. The van der Waals surface area contributed by atoms with Crippen molar-refractivity contribution < 1.29 is 18.8 Å². The second-order valence-corrected chi connectivity index (χ2v) is 10.6. The molecule has 1 heterocycles. The Kier molecular flexibility index (Phi) is 7.26. The number of anilines is 1. The lowest BCUT2D eigenvalue weighted by atomic mass is 9.91. The smallest absolute Gasteiger partial charge is 0.304 e. The molecule has 1 aromatic heterocycles. The zero-order chi connectivity index (χ0) is 26.9. The predicted octanol–water partition coefficient (Wildman–Crippen LogP) is 7.68. The first-order chi connectivity index (χ1) is 18.3. The van der Waals surface area contributed by atoms with Crippen molar-refractivity contribution in [3.05, 3.63) is 94.4 Å². The first-order valence-electron chi connectivity index (χ1n) is 12.8. The van der Waals surface area contributed by atoms with E-state index in [0.29, 0.717) is 29.3 Å². The molecule has 0 aliphatic heterocycles. The van der Waals surface area contributed by atoms with Crippen LogP contribution in [0.5, 0.6) is 0 Å². The zero-order valence-corrected chi connectivity index (χ0v) is 22.3. The van der Waals surface area contributed by atoms with Gasteiger partial charge in [-0.15, -0.1) is 0 Å². The number of hydrogen-bond donors (Lipinski definition) is 1. The number of nitrogens with zero attached hydrogens (tertiary/aromatic N) is 2. The van der Waals surface area contributed by atoms with Gasteiger partial charge < -0.3 is 14.5 Å². The van der Waals surface area contributed by atoms with Gasteiger partial charge in [0.05, 0.1) is 6.42 Å². The Morgan fingerprint density at radius 3 is 2.29 bits per heavy atom. The highest BCUT2D eigenvalue weighted by Crippen LogP contribution is 2.51. The van der Waals surface area contributed by atoms with E-state index in [-0.39, 0.29) is 17.7 Å². The van der Waals surface area contributed by atoms with Gasteiger partial charge >= 0.3 is 5.97 Å². The van der Waals surface area contributed by atoms with Crippen LogP contribution in [0.2, 0.25) is 5.02 Å². The molecule has 0 radical (unpaired) electrons. The molecule has 38 heavy (non-hydrogen) atoms. The Balaban J connectivity index is 1.28. The topological polar surface area (TPSA) is 66.6 Å². The Morgan fingerprint density at radius 1 is 1.05 bits per heavy atom. The molecule has 5 nitrogen and oxygen atoms in total. The van der Waals surface area contributed by atoms with Gasteiger partial charge in [-0.2, -0.15) is 0 Å². The normalized spacial score (nSPS) is 13.9. The molecular weight excluding hydrogens is 503 g/mol. The minimum absolute atomic E-state index is 0.186. The first kappa shape index (κ1) is 26.0.